The number of H-pyrrole nitrogens is 1. The second kappa shape index (κ2) is 7.12. The lowest BCUT2D eigenvalue weighted by molar-refractivity contribution is -0.113. The van der Waals surface area contributed by atoms with E-state index in [-0.39, 0.29) is 17.2 Å². The summed E-state index contributed by atoms with van der Waals surface area (Å²) in [6.45, 7) is 4.17. The minimum absolute atomic E-state index is 0.124. The van der Waals surface area contributed by atoms with E-state index in [1.165, 1.54) is 23.1 Å². The van der Waals surface area contributed by atoms with Crippen LogP contribution in [0, 0.1) is 6.92 Å². The molecule has 0 aliphatic rings. The number of hydrogen-bond donors (Lipinski definition) is 2. The molecule has 0 radical (unpaired) electrons. The highest BCUT2D eigenvalue weighted by Gasteiger charge is 2.16. The summed E-state index contributed by atoms with van der Waals surface area (Å²) < 4.78 is 1.57. The van der Waals surface area contributed by atoms with Crippen LogP contribution in [0.15, 0.2) is 34.2 Å². The summed E-state index contributed by atoms with van der Waals surface area (Å²) in [5.74, 6) is -0.0917. The van der Waals surface area contributed by atoms with Gasteiger partial charge in [-0.25, -0.2) is 4.98 Å². The monoisotopic (exact) mass is 400 g/mol. The first-order chi connectivity index (χ1) is 13.1. The molecule has 4 rings (SSSR count). The molecule has 138 valence electrons. The normalized spacial score (nSPS) is 11.3. The number of anilines is 1. The molecule has 3 aromatic heterocycles. The van der Waals surface area contributed by atoms with E-state index in [1.807, 2.05) is 38.1 Å². The Hall–Kier alpha value is -2.72. The number of benzene rings is 1. The molecule has 1 amide bonds. The third-order valence-electron chi connectivity index (χ3n) is 4.00. The summed E-state index contributed by atoms with van der Waals surface area (Å²) in [6, 6.07) is 7.66. The predicted molar refractivity (Wildman–Crippen MR) is 108 cm³/mol. The van der Waals surface area contributed by atoms with Crippen LogP contribution < -0.4 is 10.9 Å². The van der Waals surface area contributed by atoms with Gasteiger partial charge in [-0.2, -0.15) is 0 Å². The summed E-state index contributed by atoms with van der Waals surface area (Å²) in [6.07, 6.45) is 0. The quantitative estimate of drug-likeness (QED) is 0.394. The Balaban J connectivity index is 1.65. The van der Waals surface area contributed by atoms with Gasteiger partial charge in [-0.1, -0.05) is 41.3 Å². The van der Waals surface area contributed by atoms with E-state index in [2.05, 4.69) is 25.5 Å². The van der Waals surface area contributed by atoms with Crippen molar-refractivity contribution in [2.24, 2.45) is 0 Å². The third-order valence-corrected chi connectivity index (χ3v) is 5.73. The van der Waals surface area contributed by atoms with Crippen LogP contribution in [0.2, 0.25) is 0 Å². The van der Waals surface area contributed by atoms with Gasteiger partial charge in [-0.15, -0.1) is 10.2 Å². The first-order valence-electron chi connectivity index (χ1n) is 8.31. The lowest BCUT2D eigenvalue weighted by Crippen LogP contribution is -2.23. The predicted octanol–water partition coefficient (Wildman–Crippen LogP) is 2.79. The van der Waals surface area contributed by atoms with Gasteiger partial charge in [0.2, 0.25) is 11.0 Å². The van der Waals surface area contributed by atoms with Crippen LogP contribution in [-0.2, 0) is 11.3 Å². The molecule has 0 fully saturated rings. The molecule has 0 atom stereocenters. The summed E-state index contributed by atoms with van der Waals surface area (Å²) in [7, 11) is 0. The Morgan fingerprint density at radius 2 is 2.15 bits per heavy atom. The highest BCUT2D eigenvalue weighted by molar-refractivity contribution is 7.99. The summed E-state index contributed by atoms with van der Waals surface area (Å²) >= 11 is 2.54. The van der Waals surface area contributed by atoms with E-state index in [0.717, 1.165) is 15.9 Å². The van der Waals surface area contributed by atoms with Crippen molar-refractivity contribution in [1.82, 2.24) is 24.7 Å². The fourth-order valence-electron chi connectivity index (χ4n) is 2.80. The van der Waals surface area contributed by atoms with Gasteiger partial charge >= 0.3 is 0 Å². The molecule has 0 saturated heterocycles. The molecule has 0 spiro atoms. The van der Waals surface area contributed by atoms with Crippen LogP contribution in [0.1, 0.15) is 11.9 Å². The van der Waals surface area contributed by atoms with Crippen molar-refractivity contribution in [2.75, 3.05) is 11.1 Å². The number of nitrogens with zero attached hydrogens (tertiary/aromatic N) is 4. The molecule has 2 N–H and O–H groups in total. The fraction of sp³-hybridized carbons (Fsp3) is 0.235. The maximum Gasteiger partial charge on any atom is 0.278 e. The maximum atomic E-state index is 12.8. The molecule has 8 nitrogen and oxygen atoms in total. The number of nitrogens with one attached hydrogen (secondary N) is 2. The average molecular weight is 400 g/mol. The van der Waals surface area contributed by atoms with Gasteiger partial charge in [0.05, 0.1) is 5.75 Å². The molecule has 10 heteroatoms. The van der Waals surface area contributed by atoms with E-state index < -0.39 is 0 Å². The number of amides is 1. The molecular weight excluding hydrogens is 384 g/mol. The zero-order chi connectivity index (χ0) is 19.0. The molecule has 0 saturated carbocycles. The van der Waals surface area contributed by atoms with Crippen LogP contribution >= 0.6 is 23.1 Å². The number of thioether (sulfide) groups is 1. The van der Waals surface area contributed by atoms with Crippen LogP contribution in [0.25, 0.3) is 21.9 Å². The van der Waals surface area contributed by atoms with Gasteiger partial charge < -0.3 is 4.98 Å². The molecule has 0 unspecified atom stereocenters. The second-order valence-electron chi connectivity index (χ2n) is 5.80. The van der Waals surface area contributed by atoms with Crippen molar-refractivity contribution < 1.29 is 4.79 Å². The number of para-hydroxylation sites is 1. The maximum absolute atomic E-state index is 12.8. The number of aromatic nitrogens is 5. The zero-order valence-corrected chi connectivity index (χ0v) is 16.3. The minimum atomic E-state index is -0.216. The van der Waals surface area contributed by atoms with Crippen LogP contribution in [0.3, 0.4) is 0 Å². The highest BCUT2D eigenvalue weighted by Crippen LogP contribution is 2.24. The SMILES string of the molecule is CCn1c(SCC(=O)Nc2nnc(C)s2)nc2c([nH]c3ccccc32)c1=O. The van der Waals surface area contributed by atoms with Gasteiger partial charge in [0.15, 0.2) is 5.16 Å². The molecule has 1 aromatic carbocycles. The van der Waals surface area contributed by atoms with Crippen molar-refractivity contribution in [1.29, 1.82) is 0 Å². The first-order valence-corrected chi connectivity index (χ1v) is 10.1. The summed E-state index contributed by atoms with van der Waals surface area (Å²) in [5.41, 5.74) is 1.84. The molecule has 3 heterocycles. The lowest BCUT2D eigenvalue weighted by Gasteiger charge is -2.09. The topological polar surface area (TPSA) is 106 Å². The van der Waals surface area contributed by atoms with Crippen molar-refractivity contribution in [3.8, 4) is 0 Å². The van der Waals surface area contributed by atoms with E-state index in [1.54, 1.807) is 4.57 Å². The van der Waals surface area contributed by atoms with Crippen molar-refractivity contribution >= 4 is 56.1 Å². The molecule has 27 heavy (non-hydrogen) atoms. The molecular formula is C17H16N6O2S2. The number of hydrogen-bond acceptors (Lipinski definition) is 7. The minimum Gasteiger partial charge on any atom is -0.349 e. The Kier molecular flexibility index (Phi) is 4.66. The van der Waals surface area contributed by atoms with Gasteiger partial charge in [-0.05, 0) is 19.9 Å². The Labute approximate surface area is 162 Å². The van der Waals surface area contributed by atoms with Crippen LogP contribution in [0.5, 0.6) is 0 Å². The van der Waals surface area contributed by atoms with Gasteiger partial charge in [0.25, 0.3) is 5.56 Å². The van der Waals surface area contributed by atoms with Gasteiger partial charge in [0.1, 0.15) is 16.0 Å². The van der Waals surface area contributed by atoms with Gasteiger partial charge in [0, 0.05) is 17.4 Å². The standard InChI is InChI=1S/C17H16N6O2S2/c1-3-23-15(25)14-13(10-6-4-5-7-11(10)18-14)20-17(23)26-8-12(24)19-16-22-21-9(2)27-16/h4-7,18H,3,8H2,1-2H3,(H,19,22,24). The number of carbonyl (C=O) groups is 1. The second-order valence-corrected chi connectivity index (χ2v) is 7.93. The number of fused-ring (bicyclic) bond motifs is 3. The van der Waals surface area contributed by atoms with E-state index in [9.17, 15) is 9.59 Å². The van der Waals surface area contributed by atoms with Crippen molar-refractivity contribution in [2.45, 2.75) is 25.5 Å². The van der Waals surface area contributed by atoms with Crippen LogP contribution in [-0.4, -0.2) is 36.4 Å². The van der Waals surface area contributed by atoms with Crippen LogP contribution in [0.4, 0.5) is 5.13 Å². The van der Waals surface area contributed by atoms with Crippen molar-refractivity contribution in [3.63, 3.8) is 0 Å². The molecule has 4 aromatic rings. The van der Waals surface area contributed by atoms with E-state index >= 15 is 0 Å². The third kappa shape index (κ3) is 3.33. The highest BCUT2D eigenvalue weighted by atomic mass is 32.2. The first kappa shape index (κ1) is 17.7. The lowest BCUT2D eigenvalue weighted by atomic mass is 10.2. The molecule has 0 bridgehead atoms. The Morgan fingerprint density at radius 3 is 2.89 bits per heavy atom. The number of rotatable bonds is 5. The average Bonchev–Trinajstić information content (AvgIpc) is 3.23. The van der Waals surface area contributed by atoms with Crippen molar-refractivity contribution in [3.05, 3.63) is 39.6 Å². The largest absolute Gasteiger partial charge is 0.349 e. The van der Waals surface area contributed by atoms with E-state index in [0.29, 0.717) is 27.9 Å². The Bertz CT molecular complexity index is 1210. The molecule has 0 aliphatic heterocycles. The smallest absolute Gasteiger partial charge is 0.278 e. The fourth-order valence-corrected chi connectivity index (χ4v) is 4.26. The molecule has 0 aliphatic carbocycles. The van der Waals surface area contributed by atoms with Gasteiger partial charge in [-0.3, -0.25) is 19.5 Å². The number of carbonyl (C=O) groups excluding carboxylic acids is 1. The van der Waals surface area contributed by atoms with E-state index in [4.69, 9.17) is 0 Å². The number of aromatic amines is 1. The summed E-state index contributed by atoms with van der Waals surface area (Å²) in [4.78, 5) is 32.9. The Morgan fingerprint density at radius 1 is 1.33 bits per heavy atom. The number of aryl methyl sites for hydroxylation is 1. The summed E-state index contributed by atoms with van der Waals surface area (Å²) in [5, 5.41) is 13.1. The zero-order valence-electron chi connectivity index (χ0n) is 14.6.